The zero-order valence-corrected chi connectivity index (χ0v) is 12.6. The lowest BCUT2D eigenvalue weighted by Gasteiger charge is -2.23. The molecule has 0 saturated heterocycles. The molecule has 0 aliphatic rings. The second-order valence-corrected chi connectivity index (χ2v) is 6.34. The molecule has 0 radical (unpaired) electrons. The highest BCUT2D eigenvalue weighted by Gasteiger charge is 2.21. The molecule has 0 spiro atoms. The lowest BCUT2D eigenvalue weighted by molar-refractivity contribution is 0.0520. The van der Waals surface area contributed by atoms with Crippen LogP contribution in [-0.4, -0.2) is 23.8 Å². The van der Waals surface area contributed by atoms with E-state index in [2.05, 4.69) is 41.9 Å². The Morgan fingerprint density at radius 1 is 1.26 bits per heavy atom. The van der Waals surface area contributed by atoms with Crippen molar-refractivity contribution >= 4 is 21.4 Å². The fourth-order valence-corrected chi connectivity index (χ4v) is 3.29. The second-order valence-electron chi connectivity index (χ2n) is 5.43. The Balaban J connectivity index is 1.99. The van der Waals surface area contributed by atoms with Crippen LogP contribution >= 0.6 is 11.3 Å². The number of rotatable bonds is 7. The first-order chi connectivity index (χ1) is 9.12. The van der Waals surface area contributed by atoms with Crippen molar-refractivity contribution in [1.82, 2.24) is 5.32 Å². The predicted octanol–water partition coefficient (Wildman–Crippen LogP) is 3.58. The number of fused-ring (bicyclic) bond motifs is 1. The van der Waals surface area contributed by atoms with E-state index in [1.54, 1.807) is 11.3 Å². The van der Waals surface area contributed by atoms with Gasteiger partial charge in [0.25, 0.3) is 0 Å². The fraction of sp³-hybridized carbons (Fsp3) is 0.500. The van der Waals surface area contributed by atoms with Gasteiger partial charge < -0.3 is 10.4 Å². The van der Waals surface area contributed by atoms with Crippen molar-refractivity contribution in [2.75, 3.05) is 13.1 Å². The highest BCUT2D eigenvalue weighted by molar-refractivity contribution is 7.17. The van der Waals surface area contributed by atoms with Crippen LogP contribution in [-0.2, 0) is 6.42 Å². The van der Waals surface area contributed by atoms with Crippen LogP contribution in [0.5, 0.6) is 0 Å². The molecule has 1 aromatic carbocycles. The van der Waals surface area contributed by atoms with Gasteiger partial charge in [-0.1, -0.05) is 25.1 Å². The molecule has 19 heavy (non-hydrogen) atoms. The average molecular weight is 277 g/mol. The van der Waals surface area contributed by atoms with Crippen LogP contribution in [0.3, 0.4) is 0 Å². The van der Waals surface area contributed by atoms with Gasteiger partial charge >= 0.3 is 0 Å². The quantitative estimate of drug-likeness (QED) is 0.758. The van der Waals surface area contributed by atoms with Gasteiger partial charge in [-0.05, 0) is 55.3 Å². The summed E-state index contributed by atoms with van der Waals surface area (Å²) in [4.78, 5) is 0. The summed E-state index contributed by atoms with van der Waals surface area (Å²) in [5.41, 5.74) is 0.631. The van der Waals surface area contributed by atoms with Gasteiger partial charge in [-0.2, -0.15) is 0 Å². The third-order valence-corrected chi connectivity index (χ3v) is 4.41. The van der Waals surface area contributed by atoms with E-state index >= 15 is 0 Å². The molecule has 0 amide bonds. The minimum Gasteiger partial charge on any atom is -0.390 e. The summed E-state index contributed by atoms with van der Waals surface area (Å²) in [7, 11) is 0. The Hall–Kier alpha value is -0.900. The van der Waals surface area contributed by atoms with E-state index < -0.39 is 5.60 Å². The monoisotopic (exact) mass is 277 g/mol. The van der Waals surface area contributed by atoms with Crippen LogP contribution in [0.25, 0.3) is 10.1 Å². The fourth-order valence-electron chi connectivity index (χ4n) is 2.33. The number of hydrogen-bond donors (Lipinski definition) is 2. The van der Waals surface area contributed by atoms with Gasteiger partial charge in [0.1, 0.15) is 0 Å². The number of aliphatic hydroxyl groups is 1. The van der Waals surface area contributed by atoms with Crippen molar-refractivity contribution in [3.8, 4) is 0 Å². The number of benzene rings is 1. The minimum atomic E-state index is -0.634. The molecule has 0 aliphatic heterocycles. The van der Waals surface area contributed by atoms with Gasteiger partial charge in [0.15, 0.2) is 0 Å². The third kappa shape index (κ3) is 4.03. The number of hydrogen-bond acceptors (Lipinski definition) is 3. The highest BCUT2D eigenvalue weighted by Crippen LogP contribution is 2.29. The maximum atomic E-state index is 10.5. The molecule has 1 unspecified atom stereocenters. The van der Waals surface area contributed by atoms with Crippen LogP contribution in [0.4, 0.5) is 0 Å². The van der Waals surface area contributed by atoms with E-state index in [-0.39, 0.29) is 0 Å². The first kappa shape index (κ1) is 14.5. The molecule has 2 nitrogen and oxygen atoms in total. The van der Waals surface area contributed by atoms with E-state index in [9.17, 15) is 5.11 Å². The summed E-state index contributed by atoms with van der Waals surface area (Å²) < 4.78 is 1.30. The Kier molecular flexibility index (Phi) is 4.97. The summed E-state index contributed by atoms with van der Waals surface area (Å²) in [5.74, 6) is 0. The lowest BCUT2D eigenvalue weighted by Crippen LogP contribution is -2.32. The standard InChI is InChI=1S/C16H23NOS/c1-3-9-17-10-8-16(2,18)11-13-12-19-15-7-5-4-6-14(13)15/h4-7,12,17-18H,3,8-11H2,1-2H3. The molecule has 2 rings (SSSR count). The molecule has 2 aromatic rings. The predicted molar refractivity (Wildman–Crippen MR) is 83.9 cm³/mol. The van der Waals surface area contributed by atoms with Crippen molar-refractivity contribution in [1.29, 1.82) is 0 Å². The van der Waals surface area contributed by atoms with Crippen molar-refractivity contribution in [3.05, 3.63) is 35.2 Å². The Morgan fingerprint density at radius 3 is 2.84 bits per heavy atom. The smallest absolute Gasteiger partial charge is 0.0672 e. The second kappa shape index (κ2) is 6.51. The minimum absolute atomic E-state index is 0.634. The zero-order valence-electron chi connectivity index (χ0n) is 11.8. The summed E-state index contributed by atoms with van der Waals surface area (Å²) in [6.07, 6.45) is 2.65. The molecule has 0 aliphatic carbocycles. The van der Waals surface area contributed by atoms with E-state index in [1.807, 2.05) is 6.92 Å². The van der Waals surface area contributed by atoms with Gasteiger partial charge in [0.2, 0.25) is 0 Å². The maximum absolute atomic E-state index is 10.5. The van der Waals surface area contributed by atoms with Gasteiger partial charge in [-0.3, -0.25) is 0 Å². The van der Waals surface area contributed by atoms with E-state index in [4.69, 9.17) is 0 Å². The van der Waals surface area contributed by atoms with E-state index in [0.29, 0.717) is 0 Å². The van der Waals surface area contributed by atoms with Gasteiger partial charge in [-0.15, -0.1) is 11.3 Å². The Bertz CT molecular complexity index is 518. The normalized spacial score (nSPS) is 14.7. The Morgan fingerprint density at radius 2 is 2.05 bits per heavy atom. The molecular weight excluding hydrogens is 254 g/mol. The number of thiophene rings is 1. The van der Waals surface area contributed by atoms with Crippen LogP contribution < -0.4 is 5.32 Å². The van der Waals surface area contributed by atoms with Crippen LogP contribution in [0.1, 0.15) is 32.3 Å². The first-order valence-corrected chi connectivity index (χ1v) is 7.88. The zero-order chi connectivity index (χ0) is 13.7. The molecule has 3 heteroatoms. The molecule has 1 heterocycles. The first-order valence-electron chi connectivity index (χ1n) is 7.00. The molecular formula is C16H23NOS. The van der Waals surface area contributed by atoms with Crippen molar-refractivity contribution in [3.63, 3.8) is 0 Å². The maximum Gasteiger partial charge on any atom is 0.0672 e. The van der Waals surface area contributed by atoms with Crippen molar-refractivity contribution in [2.45, 2.75) is 38.7 Å². The summed E-state index contributed by atoms with van der Waals surface area (Å²) >= 11 is 1.76. The molecule has 0 fully saturated rings. The van der Waals surface area contributed by atoms with Crippen LogP contribution in [0, 0.1) is 0 Å². The van der Waals surface area contributed by atoms with Crippen LogP contribution in [0.15, 0.2) is 29.6 Å². The summed E-state index contributed by atoms with van der Waals surface area (Å²) in [6, 6.07) is 8.42. The van der Waals surface area contributed by atoms with Gasteiger partial charge in [0.05, 0.1) is 5.60 Å². The van der Waals surface area contributed by atoms with E-state index in [1.165, 1.54) is 15.6 Å². The van der Waals surface area contributed by atoms with E-state index in [0.717, 1.165) is 32.4 Å². The SMILES string of the molecule is CCCNCCC(C)(O)Cc1csc2ccccc12. The summed E-state index contributed by atoms with van der Waals surface area (Å²) in [5, 5.41) is 17.3. The van der Waals surface area contributed by atoms with Crippen molar-refractivity contribution < 1.29 is 5.11 Å². The topological polar surface area (TPSA) is 32.3 Å². The third-order valence-electron chi connectivity index (χ3n) is 3.40. The number of nitrogens with one attached hydrogen (secondary N) is 1. The molecule has 1 aromatic heterocycles. The highest BCUT2D eigenvalue weighted by atomic mass is 32.1. The molecule has 1 atom stereocenters. The largest absolute Gasteiger partial charge is 0.390 e. The molecule has 2 N–H and O–H groups in total. The van der Waals surface area contributed by atoms with Crippen LogP contribution in [0.2, 0.25) is 0 Å². The van der Waals surface area contributed by atoms with Gasteiger partial charge in [0, 0.05) is 11.1 Å². The summed E-state index contributed by atoms with van der Waals surface area (Å²) in [6.45, 7) is 6.00. The molecule has 104 valence electrons. The van der Waals surface area contributed by atoms with Crippen molar-refractivity contribution in [2.24, 2.45) is 0 Å². The average Bonchev–Trinajstić information content (AvgIpc) is 2.78. The molecule has 0 bridgehead atoms. The molecule has 0 saturated carbocycles. The lowest BCUT2D eigenvalue weighted by atomic mass is 9.93. The van der Waals surface area contributed by atoms with Gasteiger partial charge in [-0.25, -0.2) is 0 Å². The Labute approximate surface area is 119 Å².